The third-order valence-corrected chi connectivity index (χ3v) is 3.41. The number of benzene rings is 1. The van der Waals surface area contributed by atoms with Crippen LogP contribution < -0.4 is 5.73 Å². The Hall–Kier alpha value is -1.09. The molecular weight excluding hydrogens is 203 g/mol. The monoisotopic (exact) mass is 224 g/mol. The lowest BCUT2D eigenvalue weighted by Gasteiger charge is -2.35. The summed E-state index contributed by atoms with van der Waals surface area (Å²) < 4.78 is 13.1. The van der Waals surface area contributed by atoms with Gasteiger partial charge in [0, 0.05) is 17.8 Å². The van der Waals surface area contributed by atoms with E-state index in [9.17, 15) is 4.39 Å². The van der Waals surface area contributed by atoms with Crippen molar-refractivity contribution in [2.75, 3.05) is 12.8 Å². The Balaban J connectivity index is 2.84. The molecular formula is C13H21FN2. The largest absolute Gasteiger partial charge is 0.398 e. The molecule has 0 saturated carbocycles. The van der Waals surface area contributed by atoms with Gasteiger partial charge in [0.05, 0.1) is 0 Å². The molecule has 0 aliphatic heterocycles. The van der Waals surface area contributed by atoms with Crippen LogP contribution in [0.1, 0.15) is 32.8 Å². The minimum absolute atomic E-state index is 0.0960. The number of hydrogen-bond donors (Lipinski definition) is 1. The lowest BCUT2D eigenvalue weighted by molar-refractivity contribution is 0.143. The summed E-state index contributed by atoms with van der Waals surface area (Å²) in [5, 5.41) is 0. The first-order chi connectivity index (χ1) is 7.36. The van der Waals surface area contributed by atoms with Crippen LogP contribution in [0.2, 0.25) is 0 Å². The minimum Gasteiger partial charge on any atom is -0.398 e. The van der Waals surface area contributed by atoms with Crippen LogP contribution in [0.3, 0.4) is 0 Å². The Morgan fingerprint density at radius 1 is 1.38 bits per heavy atom. The number of hydrogen-bond acceptors (Lipinski definition) is 2. The van der Waals surface area contributed by atoms with E-state index in [0.717, 1.165) is 12.0 Å². The van der Waals surface area contributed by atoms with Crippen molar-refractivity contribution in [1.82, 2.24) is 4.90 Å². The smallest absolute Gasteiger partial charge is 0.123 e. The van der Waals surface area contributed by atoms with Crippen LogP contribution in [0, 0.1) is 5.82 Å². The van der Waals surface area contributed by atoms with E-state index in [1.54, 1.807) is 6.07 Å². The highest BCUT2D eigenvalue weighted by atomic mass is 19.1. The number of nitrogens with two attached hydrogens (primary N) is 1. The van der Waals surface area contributed by atoms with E-state index >= 15 is 0 Å². The lowest BCUT2D eigenvalue weighted by Crippen LogP contribution is -2.39. The molecule has 1 aromatic rings. The molecule has 0 fully saturated rings. The number of halogens is 1. The molecule has 0 radical (unpaired) electrons. The van der Waals surface area contributed by atoms with Crippen molar-refractivity contribution in [2.24, 2.45) is 0 Å². The second-order valence-electron chi connectivity index (χ2n) is 4.87. The fraction of sp³-hybridized carbons (Fsp3) is 0.538. The quantitative estimate of drug-likeness (QED) is 0.796. The molecule has 0 amide bonds. The van der Waals surface area contributed by atoms with Gasteiger partial charge in [-0.05, 0) is 51.1 Å². The topological polar surface area (TPSA) is 29.3 Å². The Morgan fingerprint density at radius 2 is 2.00 bits per heavy atom. The Kier molecular flexibility index (Phi) is 3.92. The number of rotatable bonds is 4. The minimum atomic E-state index is -0.230. The summed E-state index contributed by atoms with van der Waals surface area (Å²) in [6, 6.07) is 4.53. The molecule has 3 heteroatoms. The maximum atomic E-state index is 13.1. The van der Waals surface area contributed by atoms with Gasteiger partial charge >= 0.3 is 0 Å². The van der Waals surface area contributed by atoms with Crippen LogP contribution in [0.15, 0.2) is 18.2 Å². The normalized spacial score (nSPS) is 12.1. The molecule has 0 atom stereocenters. The highest BCUT2D eigenvalue weighted by Gasteiger charge is 2.21. The van der Waals surface area contributed by atoms with Crippen molar-refractivity contribution in [2.45, 2.75) is 39.3 Å². The average Bonchev–Trinajstić information content (AvgIpc) is 2.23. The third kappa shape index (κ3) is 2.95. The standard InChI is InChI=1S/C13H21FN2/c1-5-13(2,3)16(4)9-10-8-11(14)6-7-12(10)15/h6-8H,5,9,15H2,1-4H3. The maximum Gasteiger partial charge on any atom is 0.123 e. The highest BCUT2D eigenvalue weighted by Crippen LogP contribution is 2.22. The molecule has 0 saturated heterocycles. The summed E-state index contributed by atoms with van der Waals surface area (Å²) in [6.45, 7) is 7.15. The fourth-order valence-corrected chi connectivity index (χ4v) is 1.45. The van der Waals surface area contributed by atoms with Gasteiger partial charge in [-0.15, -0.1) is 0 Å². The summed E-state index contributed by atoms with van der Waals surface area (Å²) in [6.07, 6.45) is 1.04. The molecule has 0 unspecified atom stereocenters. The average molecular weight is 224 g/mol. The molecule has 0 spiro atoms. The molecule has 0 aromatic heterocycles. The Bertz CT molecular complexity index is 361. The van der Waals surface area contributed by atoms with E-state index in [1.165, 1.54) is 12.1 Å². The van der Waals surface area contributed by atoms with Gasteiger partial charge in [-0.25, -0.2) is 4.39 Å². The zero-order valence-corrected chi connectivity index (χ0v) is 10.5. The summed E-state index contributed by atoms with van der Waals surface area (Å²) in [5.74, 6) is -0.230. The summed E-state index contributed by atoms with van der Waals surface area (Å²) >= 11 is 0. The molecule has 90 valence electrons. The van der Waals surface area contributed by atoms with Gasteiger partial charge in [-0.3, -0.25) is 4.90 Å². The zero-order valence-electron chi connectivity index (χ0n) is 10.5. The Morgan fingerprint density at radius 3 is 2.56 bits per heavy atom. The van der Waals surface area contributed by atoms with E-state index in [4.69, 9.17) is 5.73 Å². The fourth-order valence-electron chi connectivity index (χ4n) is 1.45. The van der Waals surface area contributed by atoms with Gasteiger partial charge in [0.1, 0.15) is 5.82 Å². The van der Waals surface area contributed by atoms with Crippen molar-refractivity contribution in [3.8, 4) is 0 Å². The van der Waals surface area contributed by atoms with Crippen LogP contribution in [-0.4, -0.2) is 17.5 Å². The van der Waals surface area contributed by atoms with Crippen LogP contribution in [0.25, 0.3) is 0 Å². The Labute approximate surface area is 97.3 Å². The predicted molar refractivity (Wildman–Crippen MR) is 66.6 cm³/mol. The van der Waals surface area contributed by atoms with E-state index in [0.29, 0.717) is 12.2 Å². The molecule has 0 aliphatic carbocycles. The predicted octanol–water partition coefficient (Wildman–Crippen LogP) is 3.03. The van der Waals surface area contributed by atoms with Crippen molar-refractivity contribution < 1.29 is 4.39 Å². The summed E-state index contributed by atoms with van der Waals surface area (Å²) in [5.41, 5.74) is 7.43. The van der Waals surface area contributed by atoms with Crippen LogP contribution in [-0.2, 0) is 6.54 Å². The first-order valence-electron chi connectivity index (χ1n) is 5.62. The zero-order chi connectivity index (χ0) is 12.3. The van der Waals surface area contributed by atoms with Gasteiger partial charge in [-0.2, -0.15) is 0 Å². The van der Waals surface area contributed by atoms with Crippen molar-refractivity contribution >= 4 is 5.69 Å². The van der Waals surface area contributed by atoms with Crippen molar-refractivity contribution in [3.63, 3.8) is 0 Å². The molecule has 2 nitrogen and oxygen atoms in total. The molecule has 16 heavy (non-hydrogen) atoms. The van der Waals surface area contributed by atoms with E-state index in [2.05, 4.69) is 25.7 Å². The first kappa shape index (κ1) is 13.0. The van der Waals surface area contributed by atoms with Crippen LogP contribution >= 0.6 is 0 Å². The second-order valence-corrected chi connectivity index (χ2v) is 4.87. The SMILES string of the molecule is CCC(C)(C)N(C)Cc1cc(F)ccc1N. The number of nitrogens with zero attached hydrogens (tertiary/aromatic N) is 1. The molecule has 1 aromatic carbocycles. The molecule has 0 bridgehead atoms. The maximum absolute atomic E-state index is 13.1. The van der Waals surface area contributed by atoms with Gasteiger partial charge in [-0.1, -0.05) is 6.92 Å². The van der Waals surface area contributed by atoms with Gasteiger partial charge in [0.25, 0.3) is 0 Å². The van der Waals surface area contributed by atoms with Crippen LogP contribution in [0.5, 0.6) is 0 Å². The summed E-state index contributed by atoms with van der Waals surface area (Å²) in [7, 11) is 2.04. The first-order valence-corrected chi connectivity index (χ1v) is 5.62. The van der Waals surface area contributed by atoms with E-state index in [-0.39, 0.29) is 11.4 Å². The molecule has 0 aliphatic rings. The molecule has 1 rings (SSSR count). The van der Waals surface area contributed by atoms with Gasteiger partial charge in [0.15, 0.2) is 0 Å². The highest BCUT2D eigenvalue weighted by molar-refractivity contribution is 5.46. The molecule has 0 heterocycles. The van der Waals surface area contributed by atoms with Gasteiger partial charge in [0.2, 0.25) is 0 Å². The van der Waals surface area contributed by atoms with E-state index < -0.39 is 0 Å². The summed E-state index contributed by atoms with van der Waals surface area (Å²) in [4.78, 5) is 2.19. The molecule has 2 N–H and O–H groups in total. The van der Waals surface area contributed by atoms with Crippen molar-refractivity contribution in [1.29, 1.82) is 0 Å². The number of nitrogen functional groups attached to an aromatic ring is 1. The second kappa shape index (κ2) is 4.83. The van der Waals surface area contributed by atoms with Gasteiger partial charge < -0.3 is 5.73 Å². The van der Waals surface area contributed by atoms with E-state index in [1.807, 2.05) is 7.05 Å². The van der Waals surface area contributed by atoms with Crippen molar-refractivity contribution in [3.05, 3.63) is 29.6 Å². The number of anilines is 1. The third-order valence-electron chi connectivity index (χ3n) is 3.41. The lowest BCUT2D eigenvalue weighted by atomic mass is 9.99. The van der Waals surface area contributed by atoms with Crippen LogP contribution in [0.4, 0.5) is 10.1 Å².